The lowest BCUT2D eigenvalue weighted by Gasteiger charge is -1.93. The Morgan fingerprint density at radius 3 is 2.83 bits per heavy atom. The first kappa shape index (κ1) is 7.09. The minimum atomic E-state index is 0.233. The summed E-state index contributed by atoms with van der Waals surface area (Å²) in [4.78, 5) is 4.54. The van der Waals surface area contributed by atoms with Crippen molar-refractivity contribution in [1.82, 2.24) is 9.77 Å². The van der Waals surface area contributed by atoms with Crippen LogP contribution in [0.3, 0.4) is 0 Å². The zero-order chi connectivity index (χ0) is 8.55. The first-order valence-corrected chi connectivity index (χ1v) is 3.64. The predicted molar refractivity (Wildman–Crippen MR) is 45.8 cm³/mol. The summed E-state index contributed by atoms with van der Waals surface area (Å²) < 4.78 is 13.2. The fraction of sp³-hybridized carbons (Fsp3) is 0.125. The first-order valence-electron chi connectivity index (χ1n) is 3.64. The first-order chi connectivity index (χ1) is 5.83. The van der Waals surface area contributed by atoms with E-state index < -0.39 is 0 Å². The molecule has 0 spiro atoms. The highest BCUT2D eigenvalue weighted by molar-refractivity contribution is 5.77. The lowest BCUT2D eigenvalue weighted by molar-refractivity contribution is 0.392. The van der Waals surface area contributed by atoms with Gasteiger partial charge in [0.05, 0.1) is 5.52 Å². The number of nitrogens with zero attached hydrogens (tertiary/aromatic N) is 2. The zero-order valence-electron chi connectivity index (χ0n) is 6.58. The van der Waals surface area contributed by atoms with Crippen LogP contribution in [0.4, 0.5) is 10.4 Å². The van der Waals surface area contributed by atoms with E-state index in [1.54, 1.807) is 25.2 Å². The van der Waals surface area contributed by atoms with E-state index in [4.69, 9.17) is 0 Å². The Hall–Kier alpha value is -1.58. The molecule has 1 heterocycles. The number of halogens is 1. The standard InChI is InChI=1S/C8H8FN3/c1-10-8-11-6-4-2-3-5-7(6)12(8)9/h2-5H,1H3,(H,10,11). The third kappa shape index (κ3) is 0.845. The Labute approximate surface area is 68.8 Å². The van der Waals surface area contributed by atoms with Crippen molar-refractivity contribution in [3.63, 3.8) is 0 Å². The molecule has 0 unspecified atom stereocenters. The maximum atomic E-state index is 13.2. The number of hydrogen-bond donors (Lipinski definition) is 1. The molecule has 0 aliphatic carbocycles. The van der Waals surface area contributed by atoms with Crippen molar-refractivity contribution in [2.75, 3.05) is 12.4 Å². The van der Waals surface area contributed by atoms with Crippen molar-refractivity contribution in [2.45, 2.75) is 0 Å². The van der Waals surface area contributed by atoms with Crippen LogP contribution in [-0.4, -0.2) is 16.8 Å². The summed E-state index contributed by atoms with van der Waals surface area (Å²) in [7, 11) is 1.64. The van der Waals surface area contributed by atoms with Gasteiger partial charge in [-0.25, -0.2) is 4.98 Å². The molecule has 12 heavy (non-hydrogen) atoms. The summed E-state index contributed by atoms with van der Waals surface area (Å²) in [6.07, 6.45) is 0. The molecule has 62 valence electrons. The molecule has 0 saturated heterocycles. The summed E-state index contributed by atoms with van der Waals surface area (Å²) in [5.41, 5.74) is 1.14. The number of rotatable bonds is 1. The lowest BCUT2D eigenvalue weighted by atomic mass is 10.3. The van der Waals surface area contributed by atoms with Gasteiger partial charge in [0.1, 0.15) is 5.52 Å². The van der Waals surface area contributed by atoms with Gasteiger partial charge in [-0.15, -0.1) is 4.79 Å². The molecule has 3 nitrogen and oxygen atoms in total. The normalized spacial score (nSPS) is 10.5. The van der Waals surface area contributed by atoms with E-state index >= 15 is 0 Å². The number of fused-ring (bicyclic) bond motifs is 1. The van der Waals surface area contributed by atoms with Gasteiger partial charge in [0.15, 0.2) is 0 Å². The molecule has 2 rings (SSSR count). The molecule has 1 N–H and O–H groups in total. The Kier molecular flexibility index (Phi) is 1.46. The molecule has 1 aromatic heterocycles. The number of hydrogen-bond acceptors (Lipinski definition) is 2. The van der Waals surface area contributed by atoms with Crippen LogP contribution in [-0.2, 0) is 0 Å². The number of aromatic nitrogens is 2. The maximum Gasteiger partial charge on any atom is 0.232 e. The molecule has 0 radical (unpaired) electrons. The summed E-state index contributed by atoms with van der Waals surface area (Å²) in [5.74, 6) is 0.233. The molecule has 0 bridgehead atoms. The molecule has 1 aromatic carbocycles. The van der Waals surface area contributed by atoms with E-state index in [0.717, 1.165) is 0 Å². The molecule has 0 aliphatic heterocycles. The fourth-order valence-electron chi connectivity index (χ4n) is 1.15. The van der Waals surface area contributed by atoms with Crippen LogP contribution in [0.5, 0.6) is 0 Å². The number of nitrogens with one attached hydrogen (secondary N) is 1. The van der Waals surface area contributed by atoms with Gasteiger partial charge in [0, 0.05) is 7.05 Å². The van der Waals surface area contributed by atoms with Crippen LogP contribution in [0.15, 0.2) is 24.3 Å². The molecule has 0 aliphatic rings. The average molecular weight is 165 g/mol. The van der Waals surface area contributed by atoms with Gasteiger partial charge >= 0.3 is 0 Å². The van der Waals surface area contributed by atoms with Crippen LogP contribution in [0.2, 0.25) is 0 Å². The quantitative estimate of drug-likeness (QED) is 0.698. The summed E-state index contributed by atoms with van der Waals surface area (Å²) in [5, 5.41) is 2.66. The predicted octanol–water partition coefficient (Wildman–Crippen LogP) is 1.81. The minimum absolute atomic E-state index is 0.233. The Bertz CT molecular complexity index is 408. The van der Waals surface area contributed by atoms with E-state index in [0.29, 0.717) is 15.8 Å². The lowest BCUT2D eigenvalue weighted by Crippen LogP contribution is -1.94. The topological polar surface area (TPSA) is 29.9 Å². The summed E-state index contributed by atoms with van der Waals surface area (Å²) in [6, 6.07) is 7.06. The molecular formula is C8H8FN3. The number of anilines is 1. The monoisotopic (exact) mass is 165 g/mol. The van der Waals surface area contributed by atoms with E-state index in [-0.39, 0.29) is 5.95 Å². The summed E-state index contributed by atoms with van der Waals surface area (Å²) >= 11 is 0. The molecular weight excluding hydrogens is 157 g/mol. The highest BCUT2D eigenvalue weighted by Crippen LogP contribution is 2.18. The fourth-order valence-corrected chi connectivity index (χ4v) is 1.15. The van der Waals surface area contributed by atoms with Gasteiger partial charge in [0.2, 0.25) is 5.95 Å². The van der Waals surface area contributed by atoms with Crippen LogP contribution >= 0.6 is 0 Å². The number of imidazole rings is 1. The van der Waals surface area contributed by atoms with E-state index in [1.807, 2.05) is 6.07 Å². The van der Waals surface area contributed by atoms with E-state index in [2.05, 4.69) is 10.3 Å². The molecule has 4 heteroatoms. The van der Waals surface area contributed by atoms with E-state index in [1.165, 1.54) is 0 Å². The molecule has 0 atom stereocenters. The third-order valence-electron chi connectivity index (χ3n) is 1.73. The average Bonchev–Trinajstić information content (AvgIpc) is 2.44. The van der Waals surface area contributed by atoms with Crippen molar-refractivity contribution >= 4 is 17.0 Å². The highest BCUT2D eigenvalue weighted by atomic mass is 19.2. The van der Waals surface area contributed by atoms with Crippen molar-refractivity contribution in [3.05, 3.63) is 24.3 Å². The van der Waals surface area contributed by atoms with Crippen molar-refractivity contribution in [2.24, 2.45) is 0 Å². The van der Waals surface area contributed by atoms with Crippen LogP contribution in [0.25, 0.3) is 11.0 Å². The second kappa shape index (κ2) is 2.48. The van der Waals surface area contributed by atoms with Gasteiger partial charge in [-0.1, -0.05) is 16.6 Å². The van der Waals surface area contributed by atoms with Gasteiger partial charge < -0.3 is 5.32 Å². The second-order valence-corrected chi connectivity index (χ2v) is 2.45. The van der Waals surface area contributed by atoms with Crippen LogP contribution < -0.4 is 5.32 Å². The second-order valence-electron chi connectivity index (χ2n) is 2.45. The smallest absolute Gasteiger partial charge is 0.232 e. The molecule has 2 aromatic rings. The number of para-hydroxylation sites is 2. The summed E-state index contributed by atoms with van der Waals surface area (Å²) in [6.45, 7) is 0. The van der Waals surface area contributed by atoms with Gasteiger partial charge in [-0.2, -0.15) is 0 Å². The minimum Gasteiger partial charge on any atom is -0.357 e. The van der Waals surface area contributed by atoms with Gasteiger partial charge in [0.25, 0.3) is 0 Å². The SMILES string of the molecule is CNc1nc2ccccc2n1F. The molecule has 0 amide bonds. The third-order valence-corrected chi connectivity index (χ3v) is 1.73. The Morgan fingerprint density at radius 2 is 2.17 bits per heavy atom. The largest absolute Gasteiger partial charge is 0.357 e. The number of benzene rings is 1. The van der Waals surface area contributed by atoms with Crippen LogP contribution in [0, 0.1) is 0 Å². The Morgan fingerprint density at radius 1 is 1.42 bits per heavy atom. The van der Waals surface area contributed by atoms with Crippen molar-refractivity contribution in [3.8, 4) is 0 Å². The highest BCUT2D eigenvalue weighted by Gasteiger charge is 2.06. The van der Waals surface area contributed by atoms with Crippen molar-refractivity contribution in [1.29, 1.82) is 0 Å². The molecule has 0 saturated carbocycles. The molecule has 0 fully saturated rings. The van der Waals surface area contributed by atoms with Gasteiger partial charge in [-0.3, -0.25) is 0 Å². The van der Waals surface area contributed by atoms with Crippen molar-refractivity contribution < 1.29 is 4.48 Å². The zero-order valence-corrected chi connectivity index (χ0v) is 6.58. The van der Waals surface area contributed by atoms with E-state index in [9.17, 15) is 4.48 Å². The van der Waals surface area contributed by atoms with Crippen LogP contribution in [0.1, 0.15) is 0 Å². The Balaban J connectivity index is 2.78. The van der Waals surface area contributed by atoms with Gasteiger partial charge in [-0.05, 0) is 12.1 Å². The maximum absolute atomic E-state index is 13.2.